The lowest BCUT2D eigenvalue weighted by molar-refractivity contribution is -0.139. The molecule has 0 unspecified atom stereocenters. The van der Waals surface area contributed by atoms with Crippen molar-refractivity contribution in [3.05, 3.63) is 51.9 Å². The van der Waals surface area contributed by atoms with E-state index in [1.165, 1.54) is 14.2 Å². The topological polar surface area (TPSA) is 120 Å². The van der Waals surface area contributed by atoms with Crippen LogP contribution < -0.4 is 20.3 Å². The van der Waals surface area contributed by atoms with E-state index in [4.69, 9.17) is 30.5 Å². The Balaban J connectivity index is 1.39. The van der Waals surface area contributed by atoms with Crippen molar-refractivity contribution in [3.63, 3.8) is 0 Å². The lowest BCUT2D eigenvalue weighted by Crippen LogP contribution is -2.54. The number of nitrogens with one attached hydrogen (secondary N) is 1. The fourth-order valence-corrected chi connectivity index (χ4v) is 4.96. The molecule has 1 N–H and O–H groups in total. The number of nitrogens with zero attached hydrogens (tertiary/aromatic N) is 5. The first-order chi connectivity index (χ1) is 20.3. The molecule has 42 heavy (non-hydrogen) atoms. The van der Waals surface area contributed by atoms with Crippen molar-refractivity contribution in [2.24, 2.45) is 0 Å². The molecule has 2 aliphatic heterocycles. The van der Waals surface area contributed by atoms with Crippen LogP contribution in [-0.4, -0.2) is 110 Å². The predicted octanol–water partition coefficient (Wildman–Crippen LogP) is 2.28. The van der Waals surface area contributed by atoms with E-state index >= 15 is 0 Å². The maximum Gasteiger partial charge on any atom is 0.260 e. The molecule has 0 spiro atoms. The number of aromatic nitrogens is 3. The fourth-order valence-electron chi connectivity index (χ4n) is 4.67. The summed E-state index contributed by atoms with van der Waals surface area (Å²) in [5.41, 5.74) is 0.994. The van der Waals surface area contributed by atoms with Gasteiger partial charge < -0.3 is 34.1 Å². The van der Waals surface area contributed by atoms with Gasteiger partial charge in [-0.15, -0.1) is 0 Å². The molecule has 4 heterocycles. The Morgan fingerprint density at radius 3 is 2.64 bits per heavy atom. The van der Waals surface area contributed by atoms with Gasteiger partial charge in [0.25, 0.3) is 5.56 Å². The molecule has 1 amide bonds. The molecule has 2 aromatic heterocycles. The van der Waals surface area contributed by atoms with Crippen molar-refractivity contribution in [3.8, 4) is 22.6 Å². The number of likely N-dealkylation sites (N-methyl/N-ethyl adjacent to an activating group) is 1. The third-order valence-corrected chi connectivity index (χ3v) is 7.51. The average Bonchev–Trinajstić information content (AvgIpc) is 2.92. The summed E-state index contributed by atoms with van der Waals surface area (Å²) in [6, 6.07) is 5.21. The molecule has 0 aliphatic carbocycles. The van der Waals surface area contributed by atoms with Crippen molar-refractivity contribution in [2.45, 2.75) is 18.7 Å². The number of ether oxygens (including phenoxy) is 4. The van der Waals surface area contributed by atoms with E-state index in [1.807, 2.05) is 25.1 Å². The zero-order valence-corrected chi connectivity index (χ0v) is 24.9. The van der Waals surface area contributed by atoms with E-state index in [0.29, 0.717) is 77.5 Å². The number of benzene rings is 1. The molecule has 0 saturated carbocycles. The molecule has 2 saturated heterocycles. The molecule has 2 fully saturated rings. The molecule has 13 heteroatoms. The minimum Gasteiger partial charge on any atom is -0.497 e. The lowest BCUT2D eigenvalue weighted by Gasteiger charge is -2.38. The largest absolute Gasteiger partial charge is 0.497 e. The molecule has 12 nitrogen and oxygen atoms in total. The third-order valence-electron chi connectivity index (χ3n) is 7.12. The second-order valence-electron chi connectivity index (χ2n) is 10.5. The first kappa shape index (κ1) is 29.8. The van der Waals surface area contributed by atoms with E-state index in [2.05, 4.69) is 15.3 Å². The number of pyridine rings is 1. The van der Waals surface area contributed by atoms with Crippen LogP contribution in [0.25, 0.3) is 22.2 Å². The highest BCUT2D eigenvalue weighted by Gasteiger charge is 2.30. The maximum absolute atomic E-state index is 14.0. The zero-order valence-electron chi connectivity index (χ0n) is 24.1. The Kier molecular flexibility index (Phi) is 9.27. The Morgan fingerprint density at radius 1 is 1.19 bits per heavy atom. The summed E-state index contributed by atoms with van der Waals surface area (Å²) in [6.45, 7) is 3.33. The molecule has 0 radical (unpaired) electrons. The van der Waals surface area contributed by atoms with E-state index in [9.17, 15) is 9.59 Å². The number of amides is 1. The van der Waals surface area contributed by atoms with Gasteiger partial charge in [0.05, 0.1) is 57.8 Å². The number of hydrogen-bond donors (Lipinski definition) is 1. The Hall–Kier alpha value is -3.71. The molecule has 0 atom stereocenters. The van der Waals surface area contributed by atoms with Gasteiger partial charge >= 0.3 is 0 Å². The SMILES string of the molecule is COc1cc(OC)c(Cl)c(-c2cc3cnc(NC4COC4)nc3n(CCOC3CN(C(=O)/C=C/CN(C)C)C3)c2=O)c1. The molecular formula is C29H35ClN6O6. The normalized spacial score (nSPS) is 15.7. The van der Waals surface area contributed by atoms with Crippen molar-refractivity contribution < 1.29 is 23.7 Å². The monoisotopic (exact) mass is 598 g/mol. The van der Waals surface area contributed by atoms with Gasteiger partial charge in [0.15, 0.2) is 0 Å². The van der Waals surface area contributed by atoms with Crippen LogP contribution in [0.5, 0.6) is 11.5 Å². The van der Waals surface area contributed by atoms with Gasteiger partial charge in [-0.2, -0.15) is 4.98 Å². The number of rotatable bonds is 12. The molecule has 0 bridgehead atoms. The third kappa shape index (κ3) is 6.51. The number of fused-ring (bicyclic) bond motifs is 1. The van der Waals surface area contributed by atoms with Crippen LogP contribution in [0.4, 0.5) is 5.95 Å². The first-order valence-corrected chi connectivity index (χ1v) is 14.0. The van der Waals surface area contributed by atoms with Gasteiger partial charge in [0, 0.05) is 54.5 Å². The quantitative estimate of drug-likeness (QED) is 0.311. The molecule has 5 rings (SSSR count). The maximum atomic E-state index is 14.0. The molecule has 3 aromatic rings. The van der Waals surface area contributed by atoms with Gasteiger partial charge in [-0.1, -0.05) is 17.7 Å². The lowest BCUT2D eigenvalue weighted by atomic mass is 10.0. The van der Waals surface area contributed by atoms with Crippen LogP contribution in [0.1, 0.15) is 0 Å². The molecule has 1 aromatic carbocycles. The average molecular weight is 599 g/mol. The van der Waals surface area contributed by atoms with Crippen molar-refractivity contribution >= 4 is 34.5 Å². The van der Waals surface area contributed by atoms with Crippen LogP contribution >= 0.6 is 11.6 Å². The predicted molar refractivity (Wildman–Crippen MR) is 160 cm³/mol. The standard InChI is InChI=1S/C29H35ClN6O6/c1-34(2)7-5-6-25(37)35-14-21(15-35)42-9-8-36-27-18(13-31-29(33-27)32-19-16-41-17-19)10-23(28(36)38)22-11-20(39-3)12-24(40-4)26(22)30/h5-6,10-13,19,21H,7-9,14-17H2,1-4H3,(H,31,32,33)/b6-5+. The van der Waals surface area contributed by atoms with Gasteiger partial charge in [-0.3, -0.25) is 14.2 Å². The zero-order chi connectivity index (χ0) is 29.8. The second kappa shape index (κ2) is 13.1. The van der Waals surface area contributed by atoms with Gasteiger partial charge in [0.1, 0.15) is 17.1 Å². The van der Waals surface area contributed by atoms with E-state index in [-0.39, 0.29) is 36.8 Å². The summed E-state index contributed by atoms with van der Waals surface area (Å²) >= 11 is 6.67. The van der Waals surface area contributed by atoms with Crippen LogP contribution in [-0.2, 0) is 20.8 Å². The van der Waals surface area contributed by atoms with Crippen LogP contribution in [0.15, 0.2) is 41.3 Å². The Bertz CT molecular complexity index is 1530. The van der Waals surface area contributed by atoms with Gasteiger partial charge in [-0.05, 0) is 26.2 Å². The highest BCUT2D eigenvalue weighted by Crippen LogP contribution is 2.38. The Morgan fingerprint density at radius 2 is 1.98 bits per heavy atom. The summed E-state index contributed by atoms with van der Waals surface area (Å²) < 4.78 is 23.7. The number of likely N-dealkylation sites (tertiary alicyclic amines) is 1. The minimum absolute atomic E-state index is 0.0363. The van der Waals surface area contributed by atoms with Crippen LogP contribution in [0.3, 0.4) is 0 Å². The summed E-state index contributed by atoms with van der Waals surface area (Å²) in [6.07, 6.45) is 5.00. The molecule has 2 aliphatic rings. The number of halogens is 1. The van der Waals surface area contributed by atoms with Gasteiger partial charge in [0.2, 0.25) is 11.9 Å². The molecular weight excluding hydrogens is 564 g/mol. The first-order valence-electron chi connectivity index (χ1n) is 13.7. The summed E-state index contributed by atoms with van der Waals surface area (Å²) in [7, 11) is 6.93. The number of carbonyl (C=O) groups is 1. The van der Waals surface area contributed by atoms with Crippen molar-refractivity contribution in [1.82, 2.24) is 24.3 Å². The summed E-state index contributed by atoms with van der Waals surface area (Å²) in [5, 5.41) is 4.19. The fraction of sp³-hybridized carbons (Fsp3) is 0.448. The van der Waals surface area contributed by atoms with E-state index in [0.717, 1.165) is 0 Å². The second-order valence-corrected chi connectivity index (χ2v) is 10.8. The summed E-state index contributed by atoms with van der Waals surface area (Å²) in [5.74, 6) is 1.26. The smallest absolute Gasteiger partial charge is 0.260 e. The van der Waals surface area contributed by atoms with E-state index < -0.39 is 0 Å². The number of anilines is 1. The van der Waals surface area contributed by atoms with Crippen LogP contribution in [0.2, 0.25) is 5.02 Å². The highest BCUT2D eigenvalue weighted by molar-refractivity contribution is 6.35. The Labute approximate surface area is 248 Å². The van der Waals surface area contributed by atoms with Crippen LogP contribution in [0, 0.1) is 0 Å². The van der Waals surface area contributed by atoms with Crippen molar-refractivity contribution in [2.75, 3.05) is 73.1 Å². The number of hydrogen-bond acceptors (Lipinski definition) is 10. The number of carbonyl (C=O) groups excluding carboxylic acids is 1. The number of methoxy groups -OCH3 is 2. The summed E-state index contributed by atoms with van der Waals surface area (Å²) in [4.78, 5) is 39.2. The van der Waals surface area contributed by atoms with Gasteiger partial charge in [-0.25, -0.2) is 4.98 Å². The van der Waals surface area contributed by atoms with E-state index in [1.54, 1.807) is 39.9 Å². The van der Waals surface area contributed by atoms with Crippen molar-refractivity contribution in [1.29, 1.82) is 0 Å². The molecule has 224 valence electrons. The minimum atomic E-state index is -0.295. The highest BCUT2D eigenvalue weighted by atomic mass is 35.5.